The SMILES string of the molecule is Cn1cc(C(=O)N2CC[C@H](N3CCOCC3)[C@H](CCCO)C2)c2ccccc21. The molecule has 4 rings (SSSR count). The largest absolute Gasteiger partial charge is 0.396 e. The van der Waals surface area contributed by atoms with Gasteiger partial charge in [-0.3, -0.25) is 9.69 Å². The Kier molecular flexibility index (Phi) is 5.99. The number of ether oxygens (including phenoxy) is 1. The van der Waals surface area contributed by atoms with Crippen molar-refractivity contribution in [3.63, 3.8) is 0 Å². The summed E-state index contributed by atoms with van der Waals surface area (Å²) in [6.07, 6.45) is 4.70. The lowest BCUT2D eigenvalue weighted by Crippen LogP contribution is -2.55. The van der Waals surface area contributed by atoms with Crippen LogP contribution in [0.5, 0.6) is 0 Å². The Morgan fingerprint density at radius 3 is 2.79 bits per heavy atom. The molecule has 2 saturated heterocycles. The van der Waals surface area contributed by atoms with E-state index < -0.39 is 0 Å². The number of likely N-dealkylation sites (tertiary alicyclic amines) is 1. The molecule has 2 aliphatic rings. The highest BCUT2D eigenvalue weighted by molar-refractivity contribution is 6.07. The first kappa shape index (κ1) is 19.4. The summed E-state index contributed by atoms with van der Waals surface area (Å²) in [5, 5.41) is 10.4. The zero-order valence-electron chi connectivity index (χ0n) is 16.7. The molecule has 2 aliphatic heterocycles. The average molecular weight is 386 g/mol. The molecule has 0 bridgehead atoms. The second-order valence-corrected chi connectivity index (χ2v) is 8.05. The number of aliphatic hydroxyl groups excluding tert-OH is 1. The van der Waals surface area contributed by atoms with Gasteiger partial charge in [0, 0.05) is 63.0 Å². The van der Waals surface area contributed by atoms with Crippen molar-refractivity contribution >= 4 is 16.8 Å². The number of aliphatic hydroxyl groups is 1. The van der Waals surface area contributed by atoms with Crippen molar-refractivity contribution in [3.8, 4) is 0 Å². The number of nitrogens with zero attached hydrogens (tertiary/aromatic N) is 3. The van der Waals surface area contributed by atoms with Crippen LogP contribution >= 0.6 is 0 Å². The van der Waals surface area contributed by atoms with E-state index in [1.54, 1.807) is 0 Å². The van der Waals surface area contributed by atoms with Crippen molar-refractivity contribution in [1.82, 2.24) is 14.4 Å². The van der Waals surface area contributed by atoms with E-state index in [9.17, 15) is 9.90 Å². The molecule has 1 aromatic heterocycles. The molecule has 0 saturated carbocycles. The molecule has 152 valence electrons. The summed E-state index contributed by atoms with van der Waals surface area (Å²) in [4.78, 5) is 17.9. The number of aromatic nitrogens is 1. The highest BCUT2D eigenvalue weighted by Crippen LogP contribution is 2.29. The number of hydrogen-bond acceptors (Lipinski definition) is 4. The number of para-hydroxylation sites is 1. The van der Waals surface area contributed by atoms with E-state index in [4.69, 9.17) is 4.74 Å². The number of hydrogen-bond donors (Lipinski definition) is 1. The highest BCUT2D eigenvalue weighted by Gasteiger charge is 2.35. The van der Waals surface area contributed by atoms with Crippen molar-refractivity contribution in [1.29, 1.82) is 0 Å². The van der Waals surface area contributed by atoms with Crippen molar-refractivity contribution in [2.24, 2.45) is 13.0 Å². The monoisotopic (exact) mass is 385 g/mol. The van der Waals surface area contributed by atoms with E-state index in [2.05, 4.69) is 11.0 Å². The van der Waals surface area contributed by atoms with Crippen LogP contribution in [0.1, 0.15) is 29.6 Å². The van der Waals surface area contributed by atoms with Crippen LogP contribution in [0.15, 0.2) is 30.5 Å². The summed E-state index contributed by atoms with van der Waals surface area (Å²) in [5.74, 6) is 0.532. The van der Waals surface area contributed by atoms with Gasteiger partial charge >= 0.3 is 0 Å². The summed E-state index contributed by atoms with van der Waals surface area (Å²) in [6.45, 7) is 5.30. The van der Waals surface area contributed by atoms with Crippen LogP contribution in [0.4, 0.5) is 0 Å². The van der Waals surface area contributed by atoms with E-state index in [-0.39, 0.29) is 12.5 Å². The van der Waals surface area contributed by atoms with Crippen LogP contribution in [0.25, 0.3) is 10.9 Å². The number of fused-ring (bicyclic) bond motifs is 1. The van der Waals surface area contributed by atoms with Crippen LogP contribution in [0.3, 0.4) is 0 Å². The van der Waals surface area contributed by atoms with Gasteiger partial charge in [-0.2, -0.15) is 0 Å². The van der Waals surface area contributed by atoms with Gasteiger partial charge in [0.05, 0.1) is 18.8 Å². The number of benzene rings is 1. The summed E-state index contributed by atoms with van der Waals surface area (Å²) in [6, 6.07) is 8.57. The lowest BCUT2D eigenvalue weighted by molar-refractivity contribution is -0.0196. The van der Waals surface area contributed by atoms with E-state index in [1.807, 2.05) is 40.9 Å². The molecule has 6 heteroatoms. The minimum Gasteiger partial charge on any atom is -0.396 e. The third-order valence-electron chi connectivity index (χ3n) is 6.36. The molecule has 1 N–H and O–H groups in total. The third-order valence-corrected chi connectivity index (χ3v) is 6.36. The molecule has 28 heavy (non-hydrogen) atoms. The van der Waals surface area contributed by atoms with Gasteiger partial charge in [-0.1, -0.05) is 18.2 Å². The molecule has 0 aliphatic carbocycles. The molecular weight excluding hydrogens is 354 g/mol. The predicted molar refractivity (Wildman–Crippen MR) is 109 cm³/mol. The maximum Gasteiger partial charge on any atom is 0.256 e. The fraction of sp³-hybridized carbons (Fsp3) is 0.591. The molecule has 1 amide bonds. The second-order valence-electron chi connectivity index (χ2n) is 8.05. The van der Waals surface area contributed by atoms with Gasteiger partial charge in [0.2, 0.25) is 0 Å². The van der Waals surface area contributed by atoms with Gasteiger partial charge in [0.15, 0.2) is 0 Å². The van der Waals surface area contributed by atoms with Crippen molar-refractivity contribution in [2.45, 2.75) is 25.3 Å². The number of piperidine rings is 1. The molecular formula is C22H31N3O3. The number of rotatable bonds is 5. The van der Waals surface area contributed by atoms with Crippen molar-refractivity contribution in [3.05, 3.63) is 36.0 Å². The molecule has 2 fully saturated rings. The Bertz CT molecular complexity index is 812. The fourth-order valence-electron chi connectivity index (χ4n) is 4.91. The Morgan fingerprint density at radius 2 is 2.00 bits per heavy atom. The predicted octanol–water partition coefficient (Wildman–Crippen LogP) is 2.11. The minimum atomic E-state index is 0.131. The van der Waals surface area contributed by atoms with Crippen molar-refractivity contribution in [2.75, 3.05) is 46.0 Å². The topological polar surface area (TPSA) is 57.9 Å². The van der Waals surface area contributed by atoms with E-state index in [1.165, 1.54) is 0 Å². The maximum absolute atomic E-state index is 13.4. The lowest BCUT2D eigenvalue weighted by atomic mass is 9.86. The lowest BCUT2D eigenvalue weighted by Gasteiger charge is -2.45. The van der Waals surface area contributed by atoms with Crippen LogP contribution in [-0.4, -0.2) is 77.4 Å². The number of carbonyl (C=O) groups is 1. The summed E-state index contributed by atoms with van der Waals surface area (Å²) in [5.41, 5.74) is 1.88. The molecule has 0 unspecified atom stereocenters. The standard InChI is InChI=1S/C22H31N3O3/c1-23-16-19(18-6-2-3-7-21(18)23)22(27)25-9-8-20(17(15-25)5-4-12-26)24-10-13-28-14-11-24/h2-3,6-7,16-17,20,26H,4-5,8-15H2,1H3/t17-,20+/m1/s1. The third kappa shape index (κ3) is 3.81. The Labute approximate surface area is 166 Å². The van der Waals surface area contributed by atoms with Gasteiger partial charge in [-0.15, -0.1) is 0 Å². The van der Waals surface area contributed by atoms with Crippen LogP contribution < -0.4 is 0 Å². The molecule has 0 spiro atoms. The van der Waals surface area contributed by atoms with E-state index >= 15 is 0 Å². The van der Waals surface area contributed by atoms with E-state index in [0.717, 1.165) is 75.1 Å². The fourth-order valence-corrected chi connectivity index (χ4v) is 4.91. The normalized spacial score (nSPS) is 24.0. The quantitative estimate of drug-likeness (QED) is 0.857. The van der Waals surface area contributed by atoms with E-state index in [0.29, 0.717) is 12.0 Å². The van der Waals surface area contributed by atoms with Gasteiger partial charge in [-0.25, -0.2) is 0 Å². The maximum atomic E-state index is 13.4. The number of aryl methyl sites for hydroxylation is 1. The van der Waals surface area contributed by atoms with Crippen LogP contribution in [-0.2, 0) is 11.8 Å². The Morgan fingerprint density at radius 1 is 1.21 bits per heavy atom. The summed E-state index contributed by atoms with van der Waals surface area (Å²) in [7, 11) is 1.99. The molecule has 3 heterocycles. The summed E-state index contributed by atoms with van der Waals surface area (Å²) >= 11 is 0. The highest BCUT2D eigenvalue weighted by atomic mass is 16.5. The smallest absolute Gasteiger partial charge is 0.256 e. The molecule has 6 nitrogen and oxygen atoms in total. The second kappa shape index (κ2) is 8.64. The molecule has 2 aromatic rings. The molecule has 2 atom stereocenters. The number of carbonyl (C=O) groups excluding carboxylic acids is 1. The van der Waals surface area contributed by atoms with Crippen molar-refractivity contribution < 1.29 is 14.6 Å². The first-order chi connectivity index (χ1) is 13.7. The Hall–Kier alpha value is -1.89. The Balaban J connectivity index is 1.52. The van der Waals surface area contributed by atoms with Crippen LogP contribution in [0.2, 0.25) is 0 Å². The van der Waals surface area contributed by atoms with Gasteiger partial charge in [0.1, 0.15) is 0 Å². The summed E-state index contributed by atoms with van der Waals surface area (Å²) < 4.78 is 7.55. The first-order valence-electron chi connectivity index (χ1n) is 10.4. The zero-order valence-corrected chi connectivity index (χ0v) is 16.7. The van der Waals surface area contributed by atoms with Crippen LogP contribution in [0, 0.1) is 5.92 Å². The number of amides is 1. The first-order valence-corrected chi connectivity index (χ1v) is 10.4. The zero-order chi connectivity index (χ0) is 19.5. The van der Waals surface area contributed by atoms with Gasteiger partial charge < -0.3 is 19.3 Å². The number of morpholine rings is 1. The minimum absolute atomic E-state index is 0.131. The average Bonchev–Trinajstić information content (AvgIpc) is 3.09. The molecule has 0 radical (unpaired) electrons. The van der Waals surface area contributed by atoms with Gasteiger partial charge in [-0.05, 0) is 31.2 Å². The van der Waals surface area contributed by atoms with Gasteiger partial charge in [0.25, 0.3) is 5.91 Å². The molecule has 1 aromatic carbocycles.